The van der Waals surface area contributed by atoms with E-state index in [2.05, 4.69) is 28.9 Å². The van der Waals surface area contributed by atoms with Gasteiger partial charge in [0.2, 0.25) is 5.89 Å². The minimum atomic E-state index is 0.141. The molecule has 1 aliphatic rings. The first-order valence-corrected chi connectivity index (χ1v) is 7.28. The van der Waals surface area contributed by atoms with E-state index in [4.69, 9.17) is 9.26 Å². The van der Waals surface area contributed by atoms with E-state index in [-0.39, 0.29) is 18.4 Å². The van der Waals surface area contributed by atoms with Crippen LogP contribution in [0.25, 0.3) is 0 Å². The van der Waals surface area contributed by atoms with E-state index in [9.17, 15) is 5.11 Å². The van der Waals surface area contributed by atoms with Crippen LogP contribution >= 0.6 is 0 Å². The highest BCUT2D eigenvalue weighted by atomic mass is 16.5. The zero-order chi connectivity index (χ0) is 14.5. The van der Waals surface area contributed by atoms with E-state index >= 15 is 0 Å². The second-order valence-corrected chi connectivity index (χ2v) is 5.95. The number of hydrogen-bond donors (Lipinski definition) is 1. The van der Waals surface area contributed by atoms with Crippen molar-refractivity contribution in [1.29, 1.82) is 0 Å². The van der Waals surface area contributed by atoms with Gasteiger partial charge in [-0.15, -0.1) is 0 Å². The van der Waals surface area contributed by atoms with Gasteiger partial charge in [-0.1, -0.05) is 19.0 Å². The fraction of sp³-hybridized carbons (Fsp3) is 0.857. The maximum atomic E-state index is 9.56. The number of rotatable bonds is 7. The molecule has 1 aromatic heterocycles. The van der Waals surface area contributed by atoms with Gasteiger partial charge in [0, 0.05) is 45.7 Å². The van der Waals surface area contributed by atoms with Gasteiger partial charge in [0.25, 0.3) is 0 Å². The average molecular weight is 283 g/mol. The first kappa shape index (κ1) is 15.4. The normalized spacial score (nSPS) is 23.9. The van der Waals surface area contributed by atoms with E-state index in [1.807, 2.05) is 0 Å². The molecule has 0 radical (unpaired) electrons. The molecule has 0 unspecified atom stereocenters. The molecule has 0 aliphatic carbocycles. The van der Waals surface area contributed by atoms with Crippen LogP contribution in [0, 0.1) is 11.8 Å². The Morgan fingerprint density at radius 1 is 1.45 bits per heavy atom. The summed E-state index contributed by atoms with van der Waals surface area (Å²) in [5, 5.41) is 13.5. The molecule has 0 bridgehead atoms. The van der Waals surface area contributed by atoms with Crippen molar-refractivity contribution in [2.24, 2.45) is 11.8 Å². The smallest absolute Gasteiger partial charge is 0.231 e. The van der Waals surface area contributed by atoms with Crippen molar-refractivity contribution in [1.82, 2.24) is 15.0 Å². The lowest BCUT2D eigenvalue weighted by Gasteiger charge is -2.17. The Hall–Kier alpha value is -0.980. The number of ether oxygens (including phenoxy) is 1. The number of hydrogen-bond acceptors (Lipinski definition) is 6. The third-order valence-corrected chi connectivity index (χ3v) is 3.71. The zero-order valence-electron chi connectivity index (χ0n) is 12.6. The molecule has 20 heavy (non-hydrogen) atoms. The number of aliphatic hydroxyl groups excluding tert-OH is 1. The predicted octanol–water partition coefficient (Wildman–Crippen LogP) is 0.922. The van der Waals surface area contributed by atoms with E-state index in [0.717, 1.165) is 19.6 Å². The monoisotopic (exact) mass is 283 g/mol. The van der Waals surface area contributed by atoms with Gasteiger partial charge in [-0.3, -0.25) is 0 Å². The Bertz CT molecular complexity index is 408. The van der Waals surface area contributed by atoms with Gasteiger partial charge in [0.05, 0.1) is 12.5 Å². The molecule has 6 nitrogen and oxygen atoms in total. The lowest BCUT2D eigenvalue weighted by atomic mass is 9.97. The minimum Gasteiger partial charge on any atom is -0.396 e. The van der Waals surface area contributed by atoms with Gasteiger partial charge in [-0.05, 0) is 5.92 Å². The highest BCUT2D eigenvalue weighted by Gasteiger charge is 2.37. The zero-order valence-corrected chi connectivity index (χ0v) is 12.6. The molecule has 0 amide bonds. The summed E-state index contributed by atoms with van der Waals surface area (Å²) in [5.74, 6) is 2.28. The summed E-state index contributed by atoms with van der Waals surface area (Å²) in [6.07, 6.45) is 0.659. The van der Waals surface area contributed by atoms with Gasteiger partial charge < -0.3 is 19.3 Å². The van der Waals surface area contributed by atoms with Crippen molar-refractivity contribution in [3.63, 3.8) is 0 Å². The molecular formula is C14H25N3O3. The third kappa shape index (κ3) is 3.77. The average Bonchev–Trinajstić information content (AvgIpc) is 3.01. The Balaban J connectivity index is 2.00. The van der Waals surface area contributed by atoms with Crippen LogP contribution in [0.5, 0.6) is 0 Å². The summed E-state index contributed by atoms with van der Waals surface area (Å²) in [6.45, 7) is 7.98. The van der Waals surface area contributed by atoms with Crippen molar-refractivity contribution in [3.8, 4) is 0 Å². The molecule has 2 atom stereocenters. The molecule has 114 valence electrons. The van der Waals surface area contributed by atoms with Crippen LogP contribution in [0.3, 0.4) is 0 Å². The second-order valence-electron chi connectivity index (χ2n) is 5.95. The molecule has 0 saturated carbocycles. The highest BCUT2D eigenvalue weighted by molar-refractivity contribution is 5.03. The maximum absolute atomic E-state index is 9.56. The molecule has 1 fully saturated rings. The summed E-state index contributed by atoms with van der Waals surface area (Å²) >= 11 is 0. The van der Waals surface area contributed by atoms with Gasteiger partial charge in [-0.25, -0.2) is 0 Å². The molecular weight excluding hydrogens is 258 g/mol. The number of likely N-dealkylation sites (tertiary alicyclic amines) is 1. The molecule has 2 rings (SSSR count). The number of nitrogens with zero attached hydrogens (tertiary/aromatic N) is 3. The summed E-state index contributed by atoms with van der Waals surface area (Å²) in [6, 6.07) is 0. The fourth-order valence-corrected chi connectivity index (χ4v) is 2.80. The number of aliphatic hydroxyl groups is 1. The Kier molecular flexibility index (Phi) is 5.51. The Labute approximate surface area is 120 Å². The standard InChI is InChI=1S/C14H25N3O3/c1-10(2)6-17-7-11(9-18)12(8-17)14-15-13(16-20-14)4-5-19-3/h10-12,18H,4-9H2,1-3H3/t11-,12+/m0/s1. The van der Waals surface area contributed by atoms with Gasteiger partial charge >= 0.3 is 0 Å². The summed E-state index contributed by atoms with van der Waals surface area (Å²) in [7, 11) is 1.66. The van der Waals surface area contributed by atoms with E-state index in [1.54, 1.807) is 7.11 Å². The van der Waals surface area contributed by atoms with Crippen molar-refractivity contribution in [2.45, 2.75) is 26.2 Å². The van der Waals surface area contributed by atoms with Crippen molar-refractivity contribution in [3.05, 3.63) is 11.7 Å². The quantitative estimate of drug-likeness (QED) is 0.802. The van der Waals surface area contributed by atoms with Crippen LogP contribution in [-0.2, 0) is 11.2 Å². The summed E-state index contributed by atoms with van der Waals surface area (Å²) < 4.78 is 10.4. The molecule has 0 aromatic carbocycles. The number of aromatic nitrogens is 2. The summed E-state index contributed by atoms with van der Waals surface area (Å²) in [4.78, 5) is 6.82. The lowest BCUT2D eigenvalue weighted by Crippen LogP contribution is -2.25. The predicted molar refractivity (Wildman–Crippen MR) is 74.5 cm³/mol. The van der Waals surface area contributed by atoms with Crippen molar-refractivity contribution >= 4 is 0 Å². The van der Waals surface area contributed by atoms with Crippen LogP contribution in [0.1, 0.15) is 31.5 Å². The Morgan fingerprint density at radius 2 is 2.25 bits per heavy atom. The van der Waals surface area contributed by atoms with Gasteiger partial charge in [-0.2, -0.15) is 4.98 Å². The van der Waals surface area contributed by atoms with Crippen LogP contribution in [-0.4, -0.2) is 60.1 Å². The SMILES string of the molecule is COCCc1noc([C@@H]2CN(CC(C)C)C[C@H]2CO)n1. The van der Waals surface area contributed by atoms with Crippen LogP contribution in [0.15, 0.2) is 4.52 Å². The lowest BCUT2D eigenvalue weighted by molar-refractivity contribution is 0.199. The first-order valence-electron chi connectivity index (χ1n) is 7.28. The maximum Gasteiger partial charge on any atom is 0.231 e. The van der Waals surface area contributed by atoms with Crippen molar-refractivity contribution < 1.29 is 14.4 Å². The van der Waals surface area contributed by atoms with Gasteiger partial charge in [0.15, 0.2) is 5.82 Å². The largest absolute Gasteiger partial charge is 0.396 e. The molecule has 1 aromatic rings. The second kappa shape index (κ2) is 7.15. The molecule has 1 N–H and O–H groups in total. The Morgan fingerprint density at radius 3 is 2.90 bits per heavy atom. The van der Waals surface area contributed by atoms with E-state index in [0.29, 0.717) is 30.7 Å². The van der Waals surface area contributed by atoms with Crippen LogP contribution < -0.4 is 0 Å². The molecule has 2 heterocycles. The van der Waals surface area contributed by atoms with Gasteiger partial charge in [0.1, 0.15) is 0 Å². The highest BCUT2D eigenvalue weighted by Crippen LogP contribution is 2.31. The van der Waals surface area contributed by atoms with Crippen LogP contribution in [0.4, 0.5) is 0 Å². The van der Waals surface area contributed by atoms with E-state index in [1.165, 1.54) is 0 Å². The molecule has 1 aliphatic heterocycles. The van der Waals surface area contributed by atoms with Crippen molar-refractivity contribution in [2.75, 3.05) is 40.0 Å². The van der Waals surface area contributed by atoms with Crippen LogP contribution in [0.2, 0.25) is 0 Å². The molecule has 0 spiro atoms. The minimum absolute atomic E-state index is 0.141. The number of methoxy groups -OCH3 is 1. The summed E-state index contributed by atoms with van der Waals surface area (Å²) in [5.41, 5.74) is 0. The topological polar surface area (TPSA) is 71.6 Å². The third-order valence-electron chi connectivity index (χ3n) is 3.71. The first-order chi connectivity index (χ1) is 9.63. The molecule has 1 saturated heterocycles. The fourth-order valence-electron chi connectivity index (χ4n) is 2.80. The molecule has 6 heteroatoms. The van der Waals surface area contributed by atoms with E-state index < -0.39 is 0 Å².